The molecule has 1 atom stereocenters. The SMILES string of the molecule is CNc1nc(C2CCCS2)nc2c1CCCC2. The zero-order valence-corrected chi connectivity index (χ0v) is 11.1. The highest BCUT2D eigenvalue weighted by Crippen LogP contribution is 2.39. The van der Waals surface area contributed by atoms with E-state index in [2.05, 4.69) is 5.32 Å². The van der Waals surface area contributed by atoms with E-state index in [9.17, 15) is 0 Å². The van der Waals surface area contributed by atoms with Gasteiger partial charge in [0.05, 0.1) is 5.25 Å². The van der Waals surface area contributed by atoms with Crippen molar-refractivity contribution in [3.8, 4) is 0 Å². The lowest BCUT2D eigenvalue weighted by Crippen LogP contribution is -2.14. The highest BCUT2D eigenvalue weighted by molar-refractivity contribution is 7.99. The summed E-state index contributed by atoms with van der Waals surface area (Å²) >= 11 is 2.01. The smallest absolute Gasteiger partial charge is 0.143 e. The predicted molar refractivity (Wildman–Crippen MR) is 72.7 cm³/mol. The van der Waals surface area contributed by atoms with E-state index in [1.54, 1.807) is 0 Å². The van der Waals surface area contributed by atoms with Gasteiger partial charge < -0.3 is 5.32 Å². The highest BCUT2D eigenvalue weighted by atomic mass is 32.2. The summed E-state index contributed by atoms with van der Waals surface area (Å²) in [7, 11) is 1.97. The Bertz CT molecular complexity index is 396. The maximum Gasteiger partial charge on any atom is 0.143 e. The minimum absolute atomic E-state index is 0.536. The van der Waals surface area contributed by atoms with Crippen molar-refractivity contribution in [1.29, 1.82) is 0 Å². The molecule has 2 heterocycles. The fourth-order valence-corrected chi connectivity index (χ4v) is 3.95. The van der Waals surface area contributed by atoms with Crippen molar-refractivity contribution in [3.63, 3.8) is 0 Å². The van der Waals surface area contributed by atoms with Gasteiger partial charge in [-0.05, 0) is 44.3 Å². The molecule has 92 valence electrons. The van der Waals surface area contributed by atoms with Gasteiger partial charge in [0.1, 0.15) is 11.6 Å². The first-order chi connectivity index (χ1) is 8.38. The molecule has 0 radical (unpaired) electrons. The molecule has 1 aliphatic carbocycles. The first-order valence-corrected chi connectivity index (χ1v) is 7.62. The molecular weight excluding hydrogens is 230 g/mol. The second kappa shape index (κ2) is 4.84. The lowest BCUT2D eigenvalue weighted by Gasteiger charge is -2.20. The largest absolute Gasteiger partial charge is 0.373 e. The monoisotopic (exact) mass is 249 g/mol. The average Bonchev–Trinajstić information content (AvgIpc) is 2.91. The van der Waals surface area contributed by atoms with Crippen LogP contribution < -0.4 is 5.32 Å². The van der Waals surface area contributed by atoms with Crippen LogP contribution in [-0.2, 0) is 12.8 Å². The van der Waals surface area contributed by atoms with Crippen LogP contribution in [0.1, 0.15) is 48.0 Å². The van der Waals surface area contributed by atoms with E-state index >= 15 is 0 Å². The van der Waals surface area contributed by atoms with E-state index in [0.717, 1.165) is 24.5 Å². The van der Waals surface area contributed by atoms with Crippen LogP contribution >= 0.6 is 11.8 Å². The molecule has 3 rings (SSSR count). The lowest BCUT2D eigenvalue weighted by atomic mass is 9.96. The van der Waals surface area contributed by atoms with E-state index in [-0.39, 0.29) is 0 Å². The zero-order chi connectivity index (χ0) is 11.7. The number of nitrogens with one attached hydrogen (secondary N) is 1. The van der Waals surface area contributed by atoms with Gasteiger partial charge in [-0.1, -0.05) is 0 Å². The predicted octanol–water partition coefficient (Wildman–Crippen LogP) is 2.97. The molecule has 0 bridgehead atoms. The van der Waals surface area contributed by atoms with Crippen molar-refractivity contribution in [2.45, 2.75) is 43.8 Å². The van der Waals surface area contributed by atoms with Gasteiger partial charge >= 0.3 is 0 Å². The van der Waals surface area contributed by atoms with Gasteiger partial charge in [-0.25, -0.2) is 9.97 Å². The van der Waals surface area contributed by atoms with E-state index < -0.39 is 0 Å². The second-order valence-electron chi connectivity index (χ2n) is 4.81. The van der Waals surface area contributed by atoms with Crippen LogP contribution in [0.3, 0.4) is 0 Å². The van der Waals surface area contributed by atoms with Gasteiger partial charge in [0.25, 0.3) is 0 Å². The molecule has 0 spiro atoms. The third-order valence-corrected chi connectivity index (χ3v) is 5.03. The summed E-state index contributed by atoms with van der Waals surface area (Å²) in [6.07, 6.45) is 7.39. The van der Waals surface area contributed by atoms with E-state index in [0.29, 0.717) is 5.25 Å². The third-order valence-electron chi connectivity index (χ3n) is 3.65. The summed E-state index contributed by atoms with van der Waals surface area (Å²) in [6.45, 7) is 0. The van der Waals surface area contributed by atoms with Crippen LogP contribution in [0.15, 0.2) is 0 Å². The fourth-order valence-electron chi connectivity index (χ4n) is 2.75. The molecule has 4 heteroatoms. The Hall–Kier alpha value is -0.770. The number of hydrogen-bond donors (Lipinski definition) is 1. The number of thioether (sulfide) groups is 1. The van der Waals surface area contributed by atoms with E-state index in [4.69, 9.17) is 9.97 Å². The zero-order valence-electron chi connectivity index (χ0n) is 10.3. The molecule has 1 aromatic rings. The normalized spacial score (nSPS) is 23.5. The number of aryl methyl sites for hydroxylation is 1. The number of rotatable bonds is 2. The summed E-state index contributed by atoms with van der Waals surface area (Å²) in [5, 5.41) is 3.80. The van der Waals surface area contributed by atoms with Gasteiger partial charge in [-0.3, -0.25) is 0 Å². The Morgan fingerprint density at radius 3 is 2.82 bits per heavy atom. The number of nitrogens with zero attached hydrogens (tertiary/aromatic N) is 2. The van der Waals surface area contributed by atoms with Crippen molar-refractivity contribution in [2.24, 2.45) is 0 Å². The Labute approximate surface area is 107 Å². The summed E-state index contributed by atoms with van der Waals surface area (Å²) in [5.74, 6) is 3.41. The summed E-state index contributed by atoms with van der Waals surface area (Å²) in [6, 6.07) is 0. The summed E-state index contributed by atoms with van der Waals surface area (Å²) in [4.78, 5) is 9.58. The van der Waals surface area contributed by atoms with Crippen LogP contribution in [0.2, 0.25) is 0 Å². The Morgan fingerprint density at radius 2 is 2.06 bits per heavy atom. The standard InChI is InChI=1S/C13H19N3S/c1-14-12-9-5-2-3-6-10(9)15-13(16-12)11-7-4-8-17-11/h11H,2-8H2,1H3,(H,14,15,16). The molecule has 1 saturated heterocycles. The molecule has 3 nitrogen and oxygen atoms in total. The molecule has 0 saturated carbocycles. The lowest BCUT2D eigenvalue weighted by molar-refractivity contribution is 0.650. The van der Waals surface area contributed by atoms with Crippen LogP contribution in [0.25, 0.3) is 0 Å². The molecule has 1 aliphatic heterocycles. The summed E-state index contributed by atoms with van der Waals surface area (Å²) < 4.78 is 0. The number of hydrogen-bond acceptors (Lipinski definition) is 4. The Morgan fingerprint density at radius 1 is 1.18 bits per heavy atom. The van der Waals surface area contributed by atoms with Crippen molar-refractivity contribution in [1.82, 2.24) is 9.97 Å². The van der Waals surface area contributed by atoms with Crippen LogP contribution in [0.5, 0.6) is 0 Å². The quantitative estimate of drug-likeness (QED) is 0.874. The maximum atomic E-state index is 4.83. The molecule has 0 aromatic carbocycles. The van der Waals surface area contributed by atoms with Gasteiger partial charge in [-0.2, -0.15) is 11.8 Å². The Kier molecular flexibility index (Phi) is 3.23. The molecule has 17 heavy (non-hydrogen) atoms. The molecule has 1 fully saturated rings. The molecule has 0 amide bonds. The first-order valence-electron chi connectivity index (χ1n) is 6.57. The maximum absolute atomic E-state index is 4.83. The topological polar surface area (TPSA) is 37.8 Å². The minimum Gasteiger partial charge on any atom is -0.373 e. The van der Waals surface area contributed by atoms with Crippen LogP contribution in [-0.4, -0.2) is 22.8 Å². The molecule has 2 aliphatic rings. The van der Waals surface area contributed by atoms with Crippen molar-refractivity contribution < 1.29 is 0 Å². The van der Waals surface area contributed by atoms with Crippen molar-refractivity contribution in [2.75, 3.05) is 18.1 Å². The Balaban J connectivity index is 1.99. The highest BCUT2D eigenvalue weighted by Gasteiger charge is 2.24. The van der Waals surface area contributed by atoms with Crippen molar-refractivity contribution >= 4 is 17.6 Å². The van der Waals surface area contributed by atoms with Gasteiger partial charge in [0, 0.05) is 18.3 Å². The number of fused-ring (bicyclic) bond motifs is 1. The van der Waals surface area contributed by atoms with E-state index in [1.807, 2.05) is 18.8 Å². The van der Waals surface area contributed by atoms with Crippen LogP contribution in [0.4, 0.5) is 5.82 Å². The fraction of sp³-hybridized carbons (Fsp3) is 0.692. The van der Waals surface area contributed by atoms with Crippen molar-refractivity contribution in [3.05, 3.63) is 17.1 Å². The second-order valence-corrected chi connectivity index (χ2v) is 6.13. The van der Waals surface area contributed by atoms with Crippen LogP contribution in [0, 0.1) is 0 Å². The van der Waals surface area contributed by atoms with Gasteiger partial charge in [0.2, 0.25) is 0 Å². The van der Waals surface area contributed by atoms with E-state index in [1.165, 1.54) is 42.7 Å². The molecule has 1 N–H and O–H groups in total. The average molecular weight is 249 g/mol. The molecule has 1 unspecified atom stereocenters. The summed E-state index contributed by atoms with van der Waals surface area (Å²) in [5.41, 5.74) is 2.67. The number of aromatic nitrogens is 2. The molecular formula is C13H19N3S. The minimum atomic E-state index is 0.536. The van der Waals surface area contributed by atoms with Gasteiger partial charge in [0.15, 0.2) is 0 Å². The molecule has 1 aromatic heterocycles. The third kappa shape index (κ3) is 2.15. The number of anilines is 1. The van der Waals surface area contributed by atoms with Gasteiger partial charge in [-0.15, -0.1) is 0 Å². The first kappa shape index (κ1) is 11.3.